The Hall–Kier alpha value is -3.79. The summed E-state index contributed by atoms with van der Waals surface area (Å²) in [5.41, 5.74) is 1.84. The molecule has 2 N–H and O–H groups in total. The molecule has 1 atom stereocenters. The molecular formula is C25H29FN6O3. The van der Waals surface area contributed by atoms with Crippen molar-refractivity contribution >= 4 is 17.8 Å². The lowest BCUT2D eigenvalue weighted by Gasteiger charge is -2.33. The lowest BCUT2D eigenvalue weighted by molar-refractivity contribution is 0.0265. The van der Waals surface area contributed by atoms with Gasteiger partial charge in [-0.15, -0.1) is 0 Å². The summed E-state index contributed by atoms with van der Waals surface area (Å²) in [6, 6.07) is 10.9. The van der Waals surface area contributed by atoms with Crippen molar-refractivity contribution in [1.29, 1.82) is 0 Å². The molecule has 0 spiro atoms. The van der Waals surface area contributed by atoms with Gasteiger partial charge in [0.05, 0.1) is 17.8 Å². The Morgan fingerprint density at radius 1 is 1.23 bits per heavy atom. The van der Waals surface area contributed by atoms with Crippen LogP contribution in [-0.2, 0) is 23.2 Å². The Morgan fingerprint density at radius 2 is 1.97 bits per heavy atom. The number of hydrogen-bond donors (Lipinski definition) is 2. The van der Waals surface area contributed by atoms with Crippen molar-refractivity contribution in [2.75, 3.05) is 26.0 Å². The Morgan fingerprint density at radius 3 is 2.63 bits per heavy atom. The Bertz CT molecular complexity index is 1190. The zero-order valence-corrected chi connectivity index (χ0v) is 20.2. The van der Waals surface area contributed by atoms with Gasteiger partial charge in [-0.2, -0.15) is 5.10 Å². The predicted molar refractivity (Wildman–Crippen MR) is 128 cm³/mol. The number of halogens is 1. The number of fused-ring (bicyclic) bond motifs is 1. The maximum absolute atomic E-state index is 13.3. The quantitative estimate of drug-likeness (QED) is 0.536. The molecule has 10 heteroatoms. The zero-order chi connectivity index (χ0) is 25.2. The van der Waals surface area contributed by atoms with Crippen LogP contribution in [0.1, 0.15) is 41.2 Å². The molecule has 0 bridgehead atoms. The van der Waals surface area contributed by atoms with Crippen molar-refractivity contribution in [3.63, 3.8) is 0 Å². The van der Waals surface area contributed by atoms with E-state index in [1.165, 1.54) is 24.3 Å². The number of ether oxygens (including phenoxy) is 1. The van der Waals surface area contributed by atoms with Crippen LogP contribution in [0.4, 0.5) is 15.0 Å². The number of benzene rings is 1. The van der Waals surface area contributed by atoms with Crippen molar-refractivity contribution in [3.05, 3.63) is 77.0 Å². The zero-order valence-electron chi connectivity index (χ0n) is 20.2. The minimum atomic E-state index is -0.730. The number of nitrogens with one attached hydrogen (secondary N) is 2. The Balaban J connectivity index is 1.48. The van der Waals surface area contributed by atoms with E-state index < -0.39 is 29.5 Å². The highest BCUT2D eigenvalue weighted by atomic mass is 19.1. The lowest BCUT2D eigenvalue weighted by atomic mass is 10.0. The largest absolute Gasteiger partial charge is 0.444 e. The number of aromatic amines is 1. The van der Waals surface area contributed by atoms with Crippen LogP contribution in [0.3, 0.4) is 0 Å². The maximum atomic E-state index is 13.3. The van der Waals surface area contributed by atoms with Crippen LogP contribution in [-0.4, -0.2) is 63.7 Å². The van der Waals surface area contributed by atoms with Crippen molar-refractivity contribution < 1.29 is 18.7 Å². The number of nitrogens with zero attached hydrogens (tertiary/aromatic N) is 4. The molecule has 1 aliphatic heterocycles. The van der Waals surface area contributed by atoms with E-state index in [0.717, 1.165) is 11.4 Å². The molecule has 0 fully saturated rings. The Kier molecular flexibility index (Phi) is 6.83. The first-order valence-electron chi connectivity index (χ1n) is 11.3. The van der Waals surface area contributed by atoms with E-state index in [1.807, 2.05) is 51.0 Å². The summed E-state index contributed by atoms with van der Waals surface area (Å²) in [6.07, 6.45) is 1.36. The molecule has 9 nitrogen and oxygen atoms in total. The minimum absolute atomic E-state index is 0.217. The van der Waals surface area contributed by atoms with Crippen LogP contribution in [0.5, 0.6) is 0 Å². The second-order valence-corrected chi connectivity index (χ2v) is 9.33. The van der Waals surface area contributed by atoms with Gasteiger partial charge in [-0.1, -0.05) is 6.07 Å². The van der Waals surface area contributed by atoms with E-state index in [0.29, 0.717) is 29.9 Å². The second kappa shape index (κ2) is 9.83. The highest BCUT2D eigenvalue weighted by Crippen LogP contribution is 2.41. The van der Waals surface area contributed by atoms with Gasteiger partial charge in [0.2, 0.25) is 0 Å². The molecule has 4 rings (SSSR count). The van der Waals surface area contributed by atoms with E-state index in [1.54, 1.807) is 11.1 Å². The number of likely N-dealkylation sites (N-methyl/N-ethyl adjacent to an activating group) is 1. The van der Waals surface area contributed by atoms with E-state index in [2.05, 4.69) is 20.5 Å². The fourth-order valence-electron chi connectivity index (χ4n) is 4.20. The summed E-state index contributed by atoms with van der Waals surface area (Å²) in [4.78, 5) is 33.9. The monoisotopic (exact) mass is 480 g/mol. The summed E-state index contributed by atoms with van der Waals surface area (Å²) in [7, 11) is 3.84. The number of pyridine rings is 1. The first-order valence-corrected chi connectivity index (χ1v) is 11.3. The standard InChI is InChI=1S/C25H29FN6O3/c1-25(2)21-20(22(30-29-21)28-23(33)16-8-10-17(26)11-9-16)15-32(25)24(34)35-19(14-31(3)4)13-18-7-5-6-12-27-18/h5-12,19H,13-15H2,1-4H3,(H2,28,29,30,33)/t19-/m0/s1. The third kappa shape index (κ3) is 5.32. The molecule has 0 saturated heterocycles. The molecule has 0 unspecified atom stereocenters. The van der Waals surface area contributed by atoms with Crippen LogP contribution < -0.4 is 5.32 Å². The lowest BCUT2D eigenvalue weighted by Crippen LogP contribution is -2.44. The number of hydrogen-bond acceptors (Lipinski definition) is 6. The van der Waals surface area contributed by atoms with Gasteiger partial charge in [-0.25, -0.2) is 9.18 Å². The highest BCUT2D eigenvalue weighted by Gasteiger charge is 2.45. The van der Waals surface area contributed by atoms with Gasteiger partial charge in [-0.3, -0.25) is 19.8 Å². The van der Waals surface area contributed by atoms with Crippen molar-refractivity contribution in [3.8, 4) is 0 Å². The minimum Gasteiger partial charge on any atom is -0.444 e. The van der Waals surface area contributed by atoms with Gasteiger partial charge >= 0.3 is 6.09 Å². The van der Waals surface area contributed by atoms with Gasteiger partial charge in [0.1, 0.15) is 11.9 Å². The van der Waals surface area contributed by atoms with Gasteiger partial charge in [0.25, 0.3) is 5.91 Å². The number of rotatable bonds is 7. The fraction of sp³-hybridized carbons (Fsp3) is 0.360. The molecule has 1 aliphatic rings. The van der Waals surface area contributed by atoms with Crippen molar-refractivity contribution in [2.45, 2.75) is 38.5 Å². The summed E-state index contributed by atoms with van der Waals surface area (Å²) < 4.78 is 19.1. The number of aromatic nitrogens is 3. The van der Waals surface area contributed by atoms with Gasteiger partial charge in [-0.05, 0) is 64.3 Å². The summed E-state index contributed by atoms with van der Waals surface area (Å²) in [5, 5.41) is 9.96. The number of carbonyl (C=O) groups is 2. The van der Waals surface area contributed by atoms with E-state index in [-0.39, 0.29) is 6.54 Å². The SMILES string of the molecule is CN(C)C[C@H](Cc1ccccn1)OC(=O)N1Cc2c(NC(=O)c3ccc(F)cc3)n[nH]c2C1(C)C. The topological polar surface area (TPSA) is 103 Å². The molecule has 2 amide bonds. The molecule has 0 aliphatic carbocycles. The molecule has 184 valence electrons. The normalized spacial score (nSPS) is 15.1. The van der Waals surface area contributed by atoms with Crippen LogP contribution in [0, 0.1) is 5.82 Å². The maximum Gasteiger partial charge on any atom is 0.411 e. The molecule has 35 heavy (non-hydrogen) atoms. The van der Waals surface area contributed by atoms with E-state index in [4.69, 9.17) is 4.74 Å². The molecule has 0 saturated carbocycles. The van der Waals surface area contributed by atoms with Crippen LogP contribution in [0.2, 0.25) is 0 Å². The molecule has 1 aromatic carbocycles. The first-order chi connectivity index (χ1) is 16.6. The third-order valence-corrected chi connectivity index (χ3v) is 6.03. The van der Waals surface area contributed by atoms with Gasteiger partial charge in [0.15, 0.2) is 5.82 Å². The number of carbonyl (C=O) groups excluding carboxylic acids is 2. The van der Waals surface area contributed by atoms with E-state index >= 15 is 0 Å². The van der Waals surface area contributed by atoms with Gasteiger partial charge in [0, 0.05) is 36.0 Å². The molecule has 0 radical (unpaired) electrons. The molecule has 2 aromatic heterocycles. The summed E-state index contributed by atoms with van der Waals surface area (Å²) >= 11 is 0. The molecular weight excluding hydrogens is 451 g/mol. The number of anilines is 1. The molecule has 3 aromatic rings. The van der Waals surface area contributed by atoms with Crippen molar-refractivity contribution in [2.24, 2.45) is 0 Å². The fourth-order valence-corrected chi connectivity index (χ4v) is 4.20. The van der Waals surface area contributed by atoms with Crippen LogP contribution in [0.15, 0.2) is 48.7 Å². The highest BCUT2D eigenvalue weighted by molar-refractivity contribution is 6.04. The van der Waals surface area contributed by atoms with Crippen LogP contribution in [0.25, 0.3) is 0 Å². The molecule has 3 heterocycles. The Labute approximate surface area is 203 Å². The van der Waals surface area contributed by atoms with Crippen molar-refractivity contribution in [1.82, 2.24) is 25.0 Å². The average molecular weight is 481 g/mol. The number of amides is 2. The van der Waals surface area contributed by atoms with E-state index in [9.17, 15) is 14.0 Å². The number of H-pyrrole nitrogens is 1. The van der Waals surface area contributed by atoms with Gasteiger partial charge < -0.3 is 15.0 Å². The van der Waals surface area contributed by atoms with Crippen LogP contribution >= 0.6 is 0 Å². The third-order valence-electron chi connectivity index (χ3n) is 6.03. The average Bonchev–Trinajstić information content (AvgIpc) is 3.32. The summed E-state index contributed by atoms with van der Waals surface area (Å²) in [5.74, 6) is -0.510. The first kappa shape index (κ1) is 24.3. The predicted octanol–water partition coefficient (Wildman–Crippen LogP) is 3.56. The second-order valence-electron chi connectivity index (χ2n) is 9.33. The summed E-state index contributed by atoms with van der Waals surface area (Å²) in [6.45, 7) is 4.55. The smallest absolute Gasteiger partial charge is 0.411 e.